The second-order valence-corrected chi connectivity index (χ2v) is 9.30. The minimum atomic E-state index is -0.989. The van der Waals surface area contributed by atoms with Crippen molar-refractivity contribution in [3.8, 4) is 0 Å². The Kier molecular flexibility index (Phi) is 4.18. The number of rotatable bonds is 5. The fourth-order valence-corrected chi connectivity index (χ4v) is 5.25. The number of fused-ring (bicyclic) bond motifs is 4. The summed E-state index contributed by atoms with van der Waals surface area (Å²) in [5.74, 6) is -1.56. The van der Waals surface area contributed by atoms with Crippen LogP contribution in [0.3, 0.4) is 0 Å². The van der Waals surface area contributed by atoms with Gasteiger partial charge in [-0.1, -0.05) is 30.3 Å². The monoisotopic (exact) mass is 447 g/mol. The molecule has 1 saturated carbocycles. The van der Waals surface area contributed by atoms with E-state index in [9.17, 15) is 23.9 Å². The lowest BCUT2D eigenvalue weighted by Gasteiger charge is -2.28. The molecule has 7 nitrogen and oxygen atoms in total. The van der Waals surface area contributed by atoms with Gasteiger partial charge in [0.05, 0.1) is 12.0 Å². The van der Waals surface area contributed by atoms with E-state index in [4.69, 9.17) is 0 Å². The van der Waals surface area contributed by atoms with Crippen molar-refractivity contribution in [1.29, 1.82) is 0 Å². The SMILES string of the molecule is O=C1[C@@H]2Cc3c(n(Cc4ccc(F)cc4)c4ccccc34)CN2C(=O)N1CC1(C(=O)O)CC1. The zero-order valence-electron chi connectivity index (χ0n) is 17.8. The number of benzene rings is 2. The third-order valence-corrected chi connectivity index (χ3v) is 7.34. The smallest absolute Gasteiger partial charge is 0.327 e. The van der Waals surface area contributed by atoms with E-state index in [0.717, 1.165) is 32.6 Å². The van der Waals surface area contributed by atoms with Crippen molar-refractivity contribution in [2.45, 2.75) is 38.4 Å². The van der Waals surface area contributed by atoms with Crippen LogP contribution in [0.5, 0.6) is 0 Å². The number of hydrogen-bond acceptors (Lipinski definition) is 3. The number of urea groups is 1. The zero-order valence-corrected chi connectivity index (χ0v) is 17.8. The molecule has 2 fully saturated rings. The standard InChI is InChI=1S/C25H22FN3O4/c26-16-7-5-15(6-8-16)12-27-19-4-2-1-3-17(19)18-11-20-22(30)29(14-25(9-10-25)23(31)32)24(33)28(20)13-21(18)27/h1-8,20H,9-14H2,(H,31,32)/t20-/m0/s1. The second kappa shape index (κ2) is 6.91. The molecular weight excluding hydrogens is 425 g/mol. The van der Waals surface area contributed by atoms with E-state index in [1.165, 1.54) is 12.1 Å². The average molecular weight is 447 g/mol. The lowest BCUT2D eigenvalue weighted by Crippen LogP contribution is -2.40. The van der Waals surface area contributed by atoms with Crippen molar-refractivity contribution < 1.29 is 23.9 Å². The number of hydrogen-bond donors (Lipinski definition) is 1. The first kappa shape index (κ1) is 20.0. The molecule has 3 heterocycles. The molecule has 33 heavy (non-hydrogen) atoms. The Morgan fingerprint density at radius 2 is 1.82 bits per heavy atom. The number of halogens is 1. The van der Waals surface area contributed by atoms with Gasteiger partial charge in [-0.25, -0.2) is 9.18 Å². The summed E-state index contributed by atoms with van der Waals surface area (Å²) in [7, 11) is 0. The van der Waals surface area contributed by atoms with Crippen molar-refractivity contribution in [3.05, 3.63) is 71.2 Å². The molecule has 1 aliphatic carbocycles. The fourth-order valence-electron chi connectivity index (χ4n) is 5.25. The largest absolute Gasteiger partial charge is 0.481 e. The number of nitrogens with zero attached hydrogens (tertiary/aromatic N) is 3. The van der Waals surface area contributed by atoms with Gasteiger partial charge in [0, 0.05) is 36.1 Å². The van der Waals surface area contributed by atoms with Crippen LogP contribution in [0, 0.1) is 11.2 Å². The number of carbonyl (C=O) groups excluding carboxylic acids is 2. The number of aliphatic carboxylic acids is 1. The van der Waals surface area contributed by atoms with Crippen molar-refractivity contribution in [3.63, 3.8) is 0 Å². The van der Waals surface area contributed by atoms with E-state index in [-0.39, 0.29) is 24.8 Å². The summed E-state index contributed by atoms with van der Waals surface area (Å²) in [6, 6.07) is 13.3. The van der Waals surface area contributed by atoms with E-state index in [0.29, 0.717) is 25.8 Å². The second-order valence-electron chi connectivity index (χ2n) is 9.30. The molecule has 1 N–H and O–H groups in total. The molecular formula is C25H22FN3O4. The topological polar surface area (TPSA) is 82.9 Å². The third-order valence-electron chi connectivity index (χ3n) is 7.34. The maximum absolute atomic E-state index is 13.4. The Morgan fingerprint density at radius 1 is 1.09 bits per heavy atom. The highest BCUT2D eigenvalue weighted by Crippen LogP contribution is 2.48. The van der Waals surface area contributed by atoms with Crippen LogP contribution in [0.25, 0.3) is 10.9 Å². The number of para-hydroxylation sites is 1. The molecule has 2 aromatic carbocycles. The Balaban J connectivity index is 1.37. The van der Waals surface area contributed by atoms with Crippen LogP contribution in [-0.2, 0) is 29.1 Å². The quantitative estimate of drug-likeness (QED) is 0.608. The first-order chi connectivity index (χ1) is 15.9. The molecule has 3 aromatic rings. The lowest BCUT2D eigenvalue weighted by molar-refractivity contribution is -0.144. The molecule has 8 heteroatoms. The molecule has 1 aromatic heterocycles. The molecule has 1 saturated heterocycles. The zero-order chi connectivity index (χ0) is 22.9. The van der Waals surface area contributed by atoms with Crippen LogP contribution >= 0.6 is 0 Å². The summed E-state index contributed by atoms with van der Waals surface area (Å²) >= 11 is 0. The summed E-state index contributed by atoms with van der Waals surface area (Å²) in [5, 5.41) is 10.6. The first-order valence-corrected chi connectivity index (χ1v) is 11.1. The van der Waals surface area contributed by atoms with E-state index >= 15 is 0 Å². The summed E-state index contributed by atoms with van der Waals surface area (Å²) < 4.78 is 15.5. The van der Waals surface area contributed by atoms with Gasteiger partial charge in [0.1, 0.15) is 11.9 Å². The molecule has 3 aliphatic rings. The highest BCUT2D eigenvalue weighted by Gasteiger charge is 2.57. The highest BCUT2D eigenvalue weighted by molar-refractivity contribution is 6.05. The summed E-state index contributed by atoms with van der Waals surface area (Å²) in [6.45, 7) is 0.729. The lowest BCUT2D eigenvalue weighted by atomic mass is 9.97. The summed E-state index contributed by atoms with van der Waals surface area (Å²) in [4.78, 5) is 40.7. The average Bonchev–Trinajstić information content (AvgIpc) is 3.51. The van der Waals surface area contributed by atoms with E-state index in [1.807, 2.05) is 24.3 Å². The van der Waals surface area contributed by atoms with Gasteiger partial charge in [-0.05, 0) is 42.2 Å². The van der Waals surface area contributed by atoms with Gasteiger partial charge in [0.25, 0.3) is 5.91 Å². The highest BCUT2D eigenvalue weighted by atomic mass is 19.1. The number of carbonyl (C=O) groups is 3. The predicted octanol–water partition coefficient (Wildman–Crippen LogP) is 3.38. The van der Waals surface area contributed by atoms with Crippen LogP contribution in [0.15, 0.2) is 48.5 Å². The van der Waals surface area contributed by atoms with E-state index in [2.05, 4.69) is 4.57 Å². The van der Waals surface area contributed by atoms with E-state index < -0.39 is 23.5 Å². The van der Waals surface area contributed by atoms with Crippen LogP contribution in [0.1, 0.15) is 29.7 Å². The van der Waals surface area contributed by atoms with Crippen LogP contribution in [0.2, 0.25) is 0 Å². The molecule has 2 aliphatic heterocycles. The Bertz CT molecular complexity index is 1330. The fraction of sp³-hybridized carbons (Fsp3) is 0.320. The first-order valence-electron chi connectivity index (χ1n) is 11.1. The molecule has 168 valence electrons. The number of imide groups is 1. The Labute approximate surface area is 189 Å². The minimum Gasteiger partial charge on any atom is -0.481 e. The number of carboxylic acid groups (broad SMARTS) is 1. The van der Waals surface area contributed by atoms with Crippen LogP contribution < -0.4 is 0 Å². The summed E-state index contributed by atoms with van der Waals surface area (Å²) in [5.41, 5.74) is 2.95. The van der Waals surface area contributed by atoms with Crippen LogP contribution in [-0.4, -0.2) is 50.0 Å². The van der Waals surface area contributed by atoms with Crippen molar-refractivity contribution in [2.75, 3.05) is 6.54 Å². The van der Waals surface area contributed by atoms with Gasteiger partial charge in [-0.2, -0.15) is 0 Å². The van der Waals surface area contributed by atoms with E-state index in [1.54, 1.807) is 17.0 Å². The molecule has 3 amide bonds. The van der Waals surface area contributed by atoms with Crippen LogP contribution in [0.4, 0.5) is 9.18 Å². The molecule has 0 radical (unpaired) electrons. The molecule has 0 unspecified atom stereocenters. The van der Waals surface area contributed by atoms with Crippen molar-refractivity contribution in [2.24, 2.45) is 5.41 Å². The third kappa shape index (κ3) is 2.97. The molecule has 0 bridgehead atoms. The van der Waals surface area contributed by atoms with Gasteiger partial charge >= 0.3 is 12.0 Å². The number of aromatic nitrogens is 1. The van der Waals surface area contributed by atoms with Gasteiger partial charge in [0.2, 0.25) is 0 Å². The Morgan fingerprint density at radius 3 is 2.52 bits per heavy atom. The maximum Gasteiger partial charge on any atom is 0.327 e. The predicted molar refractivity (Wildman–Crippen MR) is 117 cm³/mol. The minimum absolute atomic E-state index is 0.0620. The van der Waals surface area contributed by atoms with Crippen molar-refractivity contribution in [1.82, 2.24) is 14.4 Å². The normalized spacial score (nSPS) is 20.8. The van der Waals surface area contributed by atoms with Gasteiger partial charge < -0.3 is 14.6 Å². The summed E-state index contributed by atoms with van der Waals surface area (Å²) in [6.07, 6.45) is 1.36. The van der Waals surface area contributed by atoms with Gasteiger partial charge in [0.15, 0.2) is 0 Å². The number of amides is 3. The molecule has 1 atom stereocenters. The van der Waals surface area contributed by atoms with Crippen molar-refractivity contribution >= 4 is 28.8 Å². The van der Waals surface area contributed by atoms with Gasteiger partial charge in [-0.15, -0.1) is 0 Å². The number of carboxylic acids is 1. The molecule has 6 rings (SSSR count). The maximum atomic E-state index is 13.4. The van der Waals surface area contributed by atoms with Gasteiger partial charge in [-0.3, -0.25) is 14.5 Å². The Hall–Kier alpha value is -3.68. The molecule has 0 spiro atoms.